The van der Waals surface area contributed by atoms with Gasteiger partial charge in [0.05, 0.1) is 36.6 Å². The van der Waals surface area contributed by atoms with Gasteiger partial charge in [-0.2, -0.15) is 0 Å². The molecule has 0 N–H and O–H groups in total. The number of halogens is 1. The number of rotatable bonds is 4. The molecule has 1 saturated carbocycles. The van der Waals surface area contributed by atoms with Gasteiger partial charge in [-0.05, 0) is 31.2 Å². The Kier molecular flexibility index (Phi) is 3.81. The van der Waals surface area contributed by atoms with E-state index in [1.165, 1.54) is 25.1 Å². The summed E-state index contributed by atoms with van der Waals surface area (Å²) in [6.45, 7) is 2.53. The zero-order valence-corrected chi connectivity index (χ0v) is 13.0. The van der Waals surface area contributed by atoms with E-state index in [4.69, 9.17) is 9.47 Å². The first kappa shape index (κ1) is 15.0. The van der Waals surface area contributed by atoms with E-state index in [2.05, 4.69) is 4.98 Å². The van der Waals surface area contributed by atoms with Crippen molar-refractivity contribution in [3.8, 4) is 0 Å². The second-order valence-electron chi connectivity index (χ2n) is 6.93. The summed E-state index contributed by atoms with van der Waals surface area (Å²) in [5.74, 6) is -0.118. The Hall–Kier alpha value is -1.53. The molecule has 0 bridgehead atoms. The molecular formula is C17H21FN2O3. The zero-order chi connectivity index (χ0) is 15.9. The van der Waals surface area contributed by atoms with Crippen molar-refractivity contribution in [2.24, 2.45) is 5.92 Å². The average Bonchev–Trinajstić information content (AvgIpc) is 3.17. The molecule has 6 heteroatoms. The van der Waals surface area contributed by atoms with Gasteiger partial charge in [0.15, 0.2) is 5.82 Å². The van der Waals surface area contributed by atoms with E-state index in [-0.39, 0.29) is 23.2 Å². The minimum absolute atomic E-state index is 0.0802. The van der Waals surface area contributed by atoms with Gasteiger partial charge in [-0.15, -0.1) is 0 Å². The molecule has 3 aliphatic rings. The summed E-state index contributed by atoms with van der Waals surface area (Å²) in [4.78, 5) is 17.9. The molecule has 124 valence electrons. The molecule has 3 heterocycles. The van der Waals surface area contributed by atoms with Crippen LogP contribution in [0.2, 0.25) is 0 Å². The van der Waals surface area contributed by atoms with Crippen LogP contribution < -0.4 is 0 Å². The summed E-state index contributed by atoms with van der Waals surface area (Å²) < 4.78 is 25.6. The molecule has 0 unspecified atom stereocenters. The Labute approximate surface area is 134 Å². The first-order chi connectivity index (χ1) is 11.2. The van der Waals surface area contributed by atoms with E-state index in [1.54, 1.807) is 4.90 Å². The van der Waals surface area contributed by atoms with Gasteiger partial charge in [0, 0.05) is 25.8 Å². The lowest BCUT2D eigenvalue weighted by molar-refractivity contribution is 0.00154. The minimum Gasteiger partial charge on any atom is -0.375 e. The van der Waals surface area contributed by atoms with Crippen LogP contribution in [0.15, 0.2) is 18.5 Å². The average molecular weight is 320 g/mol. The van der Waals surface area contributed by atoms with Gasteiger partial charge in [0.1, 0.15) is 0 Å². The predicted molar refractivity (Wildman–Crippen MR) is 80.5 cm³/mol. The van der Waals surface area contributed by atoms with Crippen molar-refractivity contribution in [3.05, 3.63) is 29.8 Å². The lowest BCUT2D eigenvalue weighted by atomic mass is 9.98. The van der Waals surface area contributed by atoms with E-state index in [9.17, 15) is 9.18 Å². The highest BCUT2D eigenvalue weighted by atomic mass is 19.1. The molecule has 3 fully saturated rings. The number of amides is 1. The standard InChI is InChI=1S/C17H21FN2O3/c18-15-8-19-5-3-14(15)16(21)20-6-4-17(11-20)7-13(10-23-17)22-9-12-1-2-12/h3,5,8,12-13H,1-2,4,6-7,9-11H2/t13-,17+/m1/s1. The first-order valence-corrected chi connectivity index (χ1v) is 8.30. The minimum atomic E-state index is -0.573. The van der Waals surface area contributed by atoms with Gasteiger partial charge in [0.2, 0.25) is 0 Å². The monoisotopic (exact) mass is 320 g/mol. The maximum absolute atomic E-state index is 13.7. The number of hydrogen-bond acceptors (Lipinski definition) is 4. The van der Waals surface area contributed by atoms with Crippen molar-refractivity contribution in [2.75, 3.05) is 26.3 Å². The quantitative estimate of drug-likeness (QED) is 0.852. The predicted octanol–water partition coefficient (Wildman–Crippen LogP) is 2.02. The van der Waals surface area contributed by atoms with E-state index < -0.39 is 5.82 Å². The van der Waals surface area contributed by atoms with Crippen LogP contribution in [-0.4, -0.2) is 53.8 Å². The molecule has 2 aliphatic heterocycles. The summed E-state index contributed by atoms with van der Waals surface area (Å²) in [5.41, 5.74) is -0.232. The molecule has 1 amide bonds. The molecule has 1 aromatic heterocycles. The molecule has 2 saturated heterocycles. The third kappa shape index (κ3) is 3.10. The molecule has 1 spiro atoms. The van der Waals surface area contributed by atoms with Crippen LogP contribution in [0.5, 0.6) is 0 Å². The topological polar surface area (TPSA) is 51.7 Å². The van der Waals surface area contributed by atoms with E-state index in [0.717, 1.165) is 31.6 Å². The number of aromatic nitrogens is 1. The molecule has 0 radical (unpaired) electrons. The molecule has 2 atom stereocenters. The van der Waals surface area contributed by atoms with Crippen molar-refractivity contribution in [1.29, 1.82) is 0 Å². The lowest BCUT2D eigenvalue weighted by Gasteiger charge is -2.23. The fourth-order valence-corrected chi connectivity index (χ4v) is 3.49. The highest BCUT2D eigenvalue weighted by Crippen LogP contribution is 2.38. The molecular weight excluding hydrogens is 299 g/mol. The highest BCUT2D eigenvalue weighted by molar-refractivity contribution is 5.94. The maximum atomic E-state index is 13.7. The number of nitrogens with zero attached hydrogens (tertiary/aromatic N) is 2. The van der Waals surface area contributed by atoms with Crippen LogP contribution >= 0.6 is 0 Å². The SMILES string of the molecule is O=C(c1ccncc1F)N1CC[C@]2(C[C@@H](OCC3CC3)CO2)C1. The lowest BCUT2D eigenvalue weighted by Crippen LogP contribution is -2.36. The molecule has 1 aliphatic carbocycles. The van der Waals surface area contributed by atoms with Crippen LogP contribution in [-0.2, 0) is 9.47 Å². The fraction of sp³-hybridized carbons (Fsp3) is 0.647. The van der Waals surface area contributed by atoms with Gasteiger partial charge < -0.3 is 14.4 Å². The summed E-state index contributed by atoms with van der Waals surface area (Å²) in [6, 6.07) is 1.43. The fourth-order valence-electron chi connectivity index (χ4n) is 3.49. The number of ether oxygens (including phenoxy) is 2. The van der Waals surface area contributed by atoms with Crippen molar-refractivity contribution in [1.82, 2.24) is 9.88 Å². The molecule has 1 aromatic rings. The van der Waals surface area contributed by atoms with Crippen molar-refractivity contribution >= 4 is 5.91 Å². The van der Waals surface area contributed by atoms with Gasteiger partial charge in [-0.3, -0.25) is 9.78 Å². The van der Waals surface area contributed by atoms with Gasteiger partial charge in [0.25, 0.3) is 5.91 Å². The third-order valence-electron chi connectivity index (χ3n) is 5.05. The van der Waals surface area contributed by atoms with Crippen molar-refractivity contribution in [2.45, 2.75) is 37.4 Å². The summed E-state index contributed by atoms with van der Waals surface area (Å²) >= 11 is 0. The summed E-state index contributed by atoms with van der Waals surface area (Å²) in [5, 5.41) is 0. The third-order valence-corrected chi connectivity index (χ3v) is 5.05. The second-order valence-corrected chi connectivity index (χ2v) is 6.93. The Balaban J connectivity index is 1.37. The van der Waals surface area contributed by atoms with Gasteiger partial charge in [-0.25, -0.2) is 4.39 Å². The molecule has 5 nitrogen and oxygen atoms in total. The Bertz CT molecular complexity index is 607. The largest absolute Gasteiger partial charge is 0.375 e. The smallest absolute Gasteiger partial charge is 0.257 e. The number of hydrogen-bond donors (Lipinski definition) is 0. The molecule has 23 heavy (non-hydrogen) atoms. The number of pyridine rings is 1. The maximum Gasteiger partial charge on any atom is 0.257 e. The van der Waals surface area contributed by atoms with Crippen LogP contribution in [0.25, 0.3) is 0 Å². The van der Waals surface area contributed by atoms with Crippen LogP contribution in [0.4, 0.5) is 4.39 Å². The molecule has 4 rings (SSSR count). The van der Waals surface area contributed by atoms with Crippen molar-refractivity contribution < 1.29 is 18.7 Å². The Morgan fingerprint density at radius 1 is 1.52 bits per heavy atom. The molecule has 0 aromatic carbocycles. The Morgan fingerprint density at radius 3 is 3.17 bits per heavy atom. The van der Waals surface area contributed by atoms with Crippen LogP contribution in [0, 0.1) is 11.7 Å². The first-order valence-electron chi connectivity index (χ1n) is 8.30. The summed E-state index contributed by atoms with van der Waals surface area (Å²) in [7, 11) is 0. The number of carbonyl (C=O) groups excluding carboxylic acids is 1. The Morgan fingerprint density at radius 2 is 2.39 bits per heavy atom. The van der Waals surface area contributed by atoms with Gasteiger partial charge >= 0.3 is 0 Å². The number of carbonyl (C=O) groups is 1. The van der Waals surface area contributed by atoms with Crippen molar-refractivity contribution in [3.63, 3.8) is 0 Å². The normalized spacial score (nSPS) is 30.3. The van der Waals surface area contributed by atoms with Crippen LogP contribution in [0.3, 0.4) is 0 Å². The van der Waals surface area contributed by atoms with E-state index in [1.807, 2.05) is 0 Å². The zero-order valence-electron chi connectivity index (χ0n) is 13.0. The summed E-state index contributed by atoms with van der Waals surface area (Å²) in [6.07, 6.45) is 6.81. The van der Waals surface area contributed by atoms with E-state index in [0.29, 0.717) is 19.7 Å². The number of likely N-dealkylation sites (tertiary alicyclic amines) is 1. The highest BCUT2D eigenvalue weighted by Gasteiger charge is 2.47. The van der Waals surface area contributed by atoms with E-state index >= 15 is 0 Å². The van der Waals surface area contributed by atoms with Gasteiger partial charge in [-0.1, -0.05) is 0 Å². The van der Waals surface area contributed by atoms with Crippen LogP contribution in [0.1, 0.15) is 36.0 Å². The second kappa shape index (κ2) is 5.83.